The van der Waals surface area contributed by atoms with Gasteiger partial charge in [-0.05, 0) is 50.0 Å². The molecule has 0 bridgehead atoms. The monoisotopic (exact) mass is 438 g/mol. The van der Waals surface area contributed by atoms with Crippen LogP contribution in [0.3, 0.4) is 0 Å². The maximum absolute atomic E-state index is 12.8. The Morgan fingerprint density at radius 1 is 1.39 bits per heavy atom. The van der Waals surface area contributed by atoms with E-state index in [0.29, 0.717) is 38.5 Å². The Morgan fingerprint density at radius 2 is 2.21 bits per heavy atom. The Morgan fingerprint density at radius 3 is 2.86 bits per heavy atom. The van der Waals surface area contributed by atoms with E-state index in [1.54, 1.807) is 24.4 Å². The van der Waals surface area contributed by atoms with Gasteiger partial charge in [-0.25, -0.2) is 9.78 Å². The number of ketones is 1. The SMILES string of the molecule is Cl.NC(=O)Nc1cc(C#Cc2ccc(Cl)nc2)sc1C(=O)C[C@H]1CCCNC1. The zero-order chi connectivity index (χ0) is 19.2. The van der Waals surface area contributed by atoms with E-state index in [1.165, 1.54) is 11.3 Å². The topological polar surface area (TPSA) is 97.1 Å². The standard InChI is InChI=1S/C19H19ClN4O2S.ClH/c20-17-6-4-12(11-23-17)3-5-14-9-15(24-19(21)26)18(27-14)16(25)8-13-2-1-7-22-10-13;/h4,6,9,11,13,22H,1-2,7-8,10H2,(H3,21,24,26);1H/t13-;/m1./s1. The lowest BCUT2D eigenvalue weighted by atomic mass is 9.93. The van der Waals surface area contributed by atoms with E-state index in [4.69, 9.17) is 17.3 Å². The molecule has 0 unspecified atom stereocenters. The molecule has 28 heavy (non-hydrogen) atoms. The number of hydrogen-bond acceptors (Lipinski definition) is 5. The summed E-state index contributed by atoms with van der Waals surface area (Å²) in [5, 5.41) is 6.24. The molecule has 2 aromatic heterocycles. The van der Waals surface area contributed by atoms with Crippen molar-refractivity contribution >= 4 is 52.8 Å². The van der Waals surface area contributed by atoms with Crippen LogP contribution in [0.15, 0.2) is 24.4 Å². The molecule has 6 nitrogen and oxygen atoms in total. The zero-order valence-corrected chi connectivity index (χ0v) is 17.3. The van der Waals surface area contributed by atoms with Crippen LogP contribution in [-0.4, -0.2) is 29.9 Å². The number of halogens is 2. The number of hydrogen-bond donors (Lipinski definition) is 3. The van der Waals surface area contributed by atoms with Crippen molar-refractivity contribution in [2.24, 2.45) is 11.7 Å². The van der Waals surface area contributed by atoms with Crippen molar-refractivity contribution in [1.29, 1.82) is 0 Å². The number of nitrogens with one attached hydrogen (secondary N) is 2. The van der Waals surface area contributed by atoms with E-state index < -0.39 is 6.03 Å². The summed E-state index contributed by atoms with van der Waals surface area (Å²) >= 11 is 7.03. The van der Waals surface area contributed by atoms with Crippen molar-refractivity contribution in [2.45, 2.75) is 19.3 Å². The predicted octanol–water partition coefficient (Wildman–Crippen LogP) is 3.68. The number of carbonyl (C=O) groups excluding carboxylic acids is 2. The maximum Gasteiger partial charge on any atom is 0.316 e. The molecule has 0 aliphatic carbocycles. The van der Waals surface area contributed by atoms with E-state index in [9.17, 15) is 9.59 Å². The normalized spacial score (nSPS) is 15.7. The largest absolute Gasteiger partial charge is 0.351 e. The molecule has 148 valence electrons. The molecule has 4 N–H and O–H groups in total. The Balaban J connectivity index is 0.00000280. The number of pyridine rings is 1. The quantitative estimate of drug-likeness (QED) is 0.385. The van der Waals surface area contributed by atoms with Crippen molar-refractivity contribution in [1.82, 2.24) is 10.3 Å². The van der Waals surface area contributed by atoms with Gasteiger partial charge in [-0.1, -0.05) is 23.4 Å². The number of piperidine rings is 1. The summed E-state index contributed by atoms with van der Waals surface area (Å²) in [5.74, 6) is 6.29. The van der Waals surface area contributed by atoms with Crippen LogP contribution in [0.1, 0.15) is 39.4 Å². The Bertz CT molecular complexity index is 897. The first-order chi connectivity index (χ1) is 13.0. The van der Waals surface area contributed by atoms with Gasteiger partial charge in [0.2, 0.25) is 0 Å². The number of nitrogens with zero attached hydrogens (tertiary/aromatic N) is 1. The summed E-state index contributed by atoms with van der Waals surface area (Å²) in [4.78, 5) is 29.2. The number of anilines is 1. The van der Waals surface area contributed by atoms with Gasteiger partial charge >= 0.3 is 6.03 Å². The van der Waals surface area contributed by atoms with Gasteiger partial charge in [0, 0.05) is 18.2 Å². The Hall–Kier alpha value is -2.11. The predicted molar refractivity (Wildman–Crippen MR) is 115 cm³/mol. The van der Waals surface area contributed by atoms with Crippen LogP contribution in [-0.2, 0) is 0 Å². The fourth-order valence-electron chi connectivity index (χ4n) is 2.92. The number of thiophene rings is 1. The highest BCUT2D eigenvalue weighted by Crippen LogP contribution is 2.30. The third kappa shape index (κ3) is 6.21. The minimum absolute atomic E-state index is 0. The molecule has 2 amide bonds. The molecular weight excluding hydrogens is 419 g/mol. The van der Waals surface area contributed by atoms with E-state index in [-0.39, 0.29) is 18.2 Å². The Kier molecular flexibility index (Phi) is 8.27. The van der Waals surface area contributed by atoms with Gasteiger partial charge in [-0.15, -0.1) is 23.7 Å². The molecular formula is C19H20Cl2N4O2S. The maximum atomic E-state index is 12.8. The number of primary amides is 1. The summed E-state index contributed by atoms with van der Waals surface area (Å²) in [6.45, 7) is 1.84. The molecule has 3 rings (SSSR count). The lowest BCUT2D eigenvalue weighted by molar-refractivity contribution is 0.0958. The molecule has 1 aliphatic heterocycles. The van der Waals surface area contributed by atoms with Crippen LogP contribution in [0.4, 0.5) is 10.5 Å². The zero-order valence-electron chi connectivity index (χ0n) is 15.0. The van der Waals surface area contributed by atoms with Crippen LogP contribution in [0.5, 0.6) is 0 Å². The summed E-state index contributed by atoms with van der Waals surface area (Å²) in [6.07, 6.45) is 4.11. The van der Waals surface area contributed by atoms with Gasteiger partial charge in [0.25, 0.3) is 0 Å². The fourth-order valence-corrected chi connectivity index (χ4v) is 3.95. The lowest BCUT2D eigenvalue weighted by Gasteiger charge is -2.21. The summed E-state index contributed by atoms with van der Waals surface area (Å²) in [7, 11) is 0. The summed E-state index contributed by atoms with van der Waals surface area (Å²) in [5.41, 5.74) is 6.37. The van der Waals surface area contributed by atoms with Crippen molar-refractivity contribution in [3.63, 3.8) is 0 Å². The highest BCUT2D eigenvalue weighted by atomic mass is 35.5. The first-order valence-corrected chi connectivity index (χ1v) is 9.78. The highest BCUT2D eigenvalue weighted by Gasteiger charge is 2.22. The number of aromatic nitrogens is 1. The first-order valence-electron chi connectivity index (χ1n) is 8.59. The van der Waals surface area contributed by atoms with Gasteiger partial charge in [-0.3, -0.25) is 4.79 Å². The van der Waals surface area contributed by atoms with E-state index in [1.807, 2.05) is 0 Å². The fraction of sp³-hybridized carbons (Fsp3) is 0.316. The second kappa shape index (κ2) is 10.4. The second-order valence-electron chi connectivity index (χ2n) is 6.30. The van der Waals surface area contributed by atoms with Crippen molar-refractivity contribution < 1.29 is 9.59 Å². The number of Topliss-reactive ketones (excluding diaryl/α,β-unsaturated/α-hetero) is 1. The van der Waals surface area contributed by atoms with Crippen LogP contribution < -0.4 is 16.4 Å². The van der Waals surface area contributed by atoms with Crippen molar-refractivity contribution in [2.75, 3.05) is 18.4 Å². The minimum atomic E-state index is -0.706. The van der Waals surface area contributed by atoms with E-state index in [2.05, 4.69) is 27.5 Å². The number of urea groups is 1. The van der Waals surface area contributed by atoms with E-state index in [0.717, 1.165) is 25.9 Å². The third-order valence-corrected chi connectivity index (χ3v) is 5.49. The molecule has 0 spiro atoms. The van der Waals surface area contributed by atoms with Crippen LogP contribution >= 0.6 is 35.3 Å². The highest BCUT2D eigenvalue weighted by molar-refractivity contribution is 7.15. The van der Waals surface area contributed by atoms with Gasteiger partial charge in [0.05, 0.1) is 15.4 Å². The molecule has 2 aromatic rings. The third-order valence-electron chi connectivity index (χ3n) is 4.17. The average molecular weight is 439 g/mol. The molecule has 0 saturated carbocycles. The molecule has 1 aliphatic rings. The number of nitrogens with two attached hydrogens (primary N) is 1. The summed E-state index contributed by atoms with van der Waals surface area (Å²) < 4.78 is 0. The smallest absolute Gasteiger partial charge is 0.316 e. The first kappa shape index (κ1) is 22.2. The molecule has 0 aromatic carbocycles. The van der Waals surface area contributed by atoms with Crippen LogP contribution in [0.2, 0.25) is 5.15 Å². The number of rotatable bonds is 4. The van der Waals surface area contributed by atoms with Crippen LogP contribution in [0, 0.1) is 17.8 Å². The number of amides is 2. The molecule has 0 radical (unpaired) electrons. The molecule has 9 heteroatoms. The molecule has 1 atom stereocenters. The second-order valence-corrected chi connectivity index (χ2v) is 7.74. The number of carbonyl (C=O) groups is 2. The Labute approximate surface area is 178 Å². The van der Waals surface area contributed by atoms with Crippen molar-refractivity contribution in [3.8, 4) is 11.8 Å². The van der Waals surface area contributed by atoms with Crippen LogP contribution in [0.25, 0.3) is 0 Å². The van der Waals surface area contributed by atoms with E-state index >= 15 is 0 Å². The van der Waals surface area contributed by atoms with Gasteiger partial charge in [0.1, 0.15) is 5.15 Å². The average Bonchev–Trinajstić information content (AvgIpc) is 3.04. The lowest BCUT2D eigenvalue weighted by Crippen LogP contribution is -2.31. The van der Waals surface area contributed by atoms with Gasteiger partial charge < -0.3 is 16.4 Å². The molecule has 1 saturated heterocycles. The van der Waals surface area contributed by atoms with Crippen molar-refractivity contribution in [3.05, 3.63) is 44.9 Å². The van der Waals surface area contributed by atoms with Gasteiger partial charge in [0.15, 0.2) is 5.78 Å². The minimum Gasteiger partial charge on any atom is -0.351 e. The molecule has 3 heterocycles. The summed E-state index contributed by atoms with van der Waals surface area (Å²) in [6, 6.07) is 4.40. The molecule has 1 fully saturated rings. The van der Waals surface area contributed by atoms with Gasteiger partial charge in [-0.2, -0.15) is 0 Å².